The molecule has 0 bridgehead atoms. The summed E-state index contributed by atoms with van der Waals surface area (Å²) < 4.78 is 32.2. The minimum absolute atomic E-state index is 0.00159. The first-order valence-corrected chi connectivity index (χ1v) is 7.82. The Kier molecular flexibility index (Phi) is 6.80. The molecule has 2 rings (SSSR count). The number of nitrogens with one attached hydrogen (secondary N) is 1. The lowest BCUT2D eigenvalue weighted by atomic mass is 10.0. The summed E-state index contributed by atoms with van der Waals surface area (Å²) in [5, 5.41) is 30.8. The van der Waals surface area contributed by atoms with E-state index in [9.17, 15) is 28.6 Å². The quantitative estimate of drug-likeness (QED) is 0.583. The second-order valence-corrected chi connectivity index (χ2v) is 5.62. The lowest BCUT2D eigenvalue weighted by Gasteiger charge is -2.19. The van der Waals surface area contributed by atoms with Crippen LogP contribution in [-0.4, -0.2) is 40.0 Å². The molecular weight excluding hydrogens is 364 g/mol. The van der Waals surface area contributed by atoms with Gasteiger partial charge in [-0.15, -0.1) is 0 Å². The number of halogens is 2. The van der Waals surface area contributed by atoms with Crippen molar-refractivity contribution in [2.45, 2.75) is 18.8 Å². The van der Waals surface area contributed by atoms with Gasteiger partial charge in [0.1, 0.15) is 36.0 Å². The molecule has 0 aliphatic carbocycles. The van der Waals surface area contributed by atoms with E-state index < -0.39 is 48.0 Å². The number of aliphatic hydroxyl groups is 2. The van der Waals surface area contributed by atoms with Crippen molar-refractivity contribution >= 4 is 12.1 Å². The van der Waals surface area contributed by atoms with Crippen LogP contribution in [0.3, 0.4) is 0 Å². The molecule has 0 radical (unpaired) electrons. The lowest BCUT2D eigenvalue weighted by Crippen LogP contribution is -2.35. The molecule has 0 aromatic heterocycles. The maximum atomic E-state index is 13.7. The van der Waals surface area contributed by atoms with Crippen LogP contribution in [0.4, 0.5) is 13.6 Å². The maximum Gasteiger partial charge on any atom is 0.407 e. The van der Waals surface area contributed by atoms with Crippen molar-refractivity contribution in [3.05, 3.63) is 70.8 Å². The van der Waals surface area contributed by atoms with E-state index in [1.807, 2.05) is 0 Å². The van der Waals surface area contributed by atoms with Crippen LogP contribution < -0.4 is 5.32 Å². The van der Waals surface area contributed by atoms with Gasteiger partial charge in [-0.05, 0) is 23.3 Å². The molecule has 2 atom stereocenters. The molecule has 0 fully saturated rings. The Balaban J connectivity index is 1.90. The van der Waals surface area contributed by atoms with Gasteiger partial charge in [0, 0.05) is 6.54 Å². The van der Waals surface area contributed by atoms with Gasteiger partial charge in [0.05, 0.1) is 0 Å². The molecule has 0 saturated carbocycles. The number of alkyl carbamates (subject to hydrolysis) is 1. The molecule has 1 amide bonds. The van der Waals surface area contributed by atoms with Gasteiger partial charge in [-0.3, -0.25) is 0 Å². The molecule has 4 N–H and O–H groups in total. The number of amides is 1. The number of ether oxygens (including phenoxy) is 1. The fourth-order valence-corrected chi connectivity index (χ4v) is 2.26. The second kappa shape index (κ2) is 9.06. The lowest BCUT2D eigenvalue weighted by molar-refractivity contribution is 0.0180. The third kappa shape index (κ3) is 5.47. The van der Waals surface area contributed by atoms with Crippen LogP contribution in [0.5, 0.6) is 0 Å². The first kappa shape index (κ1) is 20.3. The average Bonchev–Trinajstić information content (AvgIpc) is 2.63. The zero-order chi connectivity index (χ0) is 20.0. The number of rotatable bonds is 7. The van der Waals surface area contributed by atoms with Crippen LogP contribution in [0.2, 0.25) is 0 Å². The smallest absolute Gasteiger partial charge is 0.407 e. The van der Waals surface area contributed by atoms with E-state index in [0.29, 0.717) is 12.1 Å². The highest BCUT2D eigenvalue weighted by atomic mass is 19.1. The number of carbonyl (C=O) groups is 2. The van der Waals surface area contributed by atoms with Crippen molar-refractivity contribution < 1.29 is 38.4 Å². The Morgan fingerprint density at radius 1 is 1.07 bits per heavy atom. The topological polar surface area (TPSA) is 116 Å². The highest BCUT2D eigenvalue weighted by Crippen LogP contribution is 2.22. The molecular formula is C18H17F2NO6. The molecule has 0 spiro atoms. The zero-order valence-electron chi connectivity index (χ0n) is 13.9. The van der Waals surface area contributed by atoms with E-state index in [1.165, 1.54) is 0 Å². The Hall–Kier alpha value is -3.04. The Morgan fingerprint density at radius 2 is 1.67 bits per heavy atom. The standard InChI is InChI=1S/C18H17F2NO6/c19-12-6-11(7-13(20)15(12)17(24)25)16(23)14(22)8-21-18(26)27-9-10-4-2-1-3-5-10/h1-7,14,16,22-23H,8-9H2,(H,21,26)(H,24,25). The summed E-state index contributed by atoms with van der Waals surface area (Å²) in [6.45, 7) is -0.461. The molecule has 9 heteroatoms. The van der Waals surface area contributed by atoms with Gasteiger partial charge in [-0.25, -0.2) is 18.4 Å². The average molecular weight is 381 g/mol. The molecule has 0 heterocycles. The van der Waals surface area contributed by atoms with Crippen molar-refractivity contribution in [3.63, 3.8) is 0 Å². The van der Waals surface area contributed by atoms with Gasteiger partial charge in [-0.2, -0.15) is 0 Å². The van der Waals surface area contributed by atoms with Crippen LogP contribution in [0.15, 0.2) is 42.5 Å². The number of benzene rings is 2. The summed E-state index contributed by atoms with van der Waals surface area (Å²) in [6.07, 6.45) is -4.22. The Morgan fingerprint density at radius 3 is 2.22 bits per heavy atom. The highest BCUT2D eigenvalue weighted by Gasteiger charge is 2.24. The van der Waals surface area contributed by atoms with Gasteiger partial charge in [-0.1, -0.05) is 30.3 Å². The number of carbonyl (C=O) groups excluding carboxylic acids is 1. The molecule has 2 aromatic carbocycles. The summed E-state index contributed by atoms with van der Waals surface area (Å²) in [5.74, 6) is -4.58. The molecule has 2 unspecified atom stereocenters. The van der Waals surface area contributed by atoms with Gasteiger partial charge < -0.3 is 25.4 Å². The van der Waals surface area contributed by atoms with Gasteiger partial charge >= 0.3 is 12.1 Å². The number of hydrogen-bond donors (Lipinski definition) is 4. The highest BCUT2D eigenvalue weighted by molar-refractivity contribution is 5.88. The van der Waals surface area contributed by atoms with Crippen molar-refractivity contribution in [2.24, 2.45) is 0 Å². The number of aromatic carboxylic acids is 1. The minimum Gasteiger partial charge on any atom is -0.477 e. The predicted molar refractivity (Wildman–Crippen MR) is 88.9 cm³/mol. The number of carboxylic acids is 1. The van der Waals surface area contributed by atoms with Crippen LogP contribution in [0, 0.1) is 11.6 Å². The fourth-order valence-electron chi connectivity index (χ4n) is 2.26. The molecule has 0 aliphatic rings. The largest absolute Gasteiger partial charge is 0.477 e. The van der Waals surface area contributed by atoms with Crippen molar-refractivity contribution in [3.8, 4) is 0 Å². The summed E-state index contributed by atoms with van der Waals surface area (Å²) in [4.78, 5) is 22.3. The monoisotopic (exact) mass is 381 g/mol. The van der Waals surface area contributed by atoms with E-state index in [0.717, 1.165) is 5.56 Å². The van der Waals surface area contributed by atoms with Gasteiger partial charge in [0.25, 0.3) is 0 Å². The van der Waals surface area contributed by atoms with Crippen molar-refractivity contribution in [2.75, 3.05) is 6.54 Å². The third-order valence-corrected chi connectivity index (χ3v) is 3.65. The number of hydrogen-bond acceptors (Lipinski definition) is 5. The molecule has 0 saturated heterocycles. The Bertz CT molecular complexity index is 792. The van der Waals surface area contributed by atoms with E-state index in [4.69, 9.17) is 9.84 Å². The number of carboxylic acid groups (broad SMARTS) is 1. The van der Waals surface area contributed by atoms with Crippen LogP contribution in [0.25, 0.3) is 0 Å². The number of aliphatic hydroxyl groups excluding tert-OH is 2. The van der Waals surface area contributed by atoms with Crippen LogP contribution >= 0.6 is 0 Å². The molecule has 144 valence electrons. The minimum atomic E-state index is -1.80. The fraction of sp³-hybridized carbons (Fsp3) is 0.222. The van der Waals surface area contributed by atoms with Crippen LogP contribution in [0.1, 0.15) is 27.6 Å². The van der Waals surface area contributed by atoms with Crippen molar-refractivity contribution in [1.29, 1.82) is 0 Å². The van der Waals surface area contributed by atoms with Gasteiger partial charge in [0.15, 0.2) is 0 Å². The van der Waals surface area contributed by atoms with E-state index in [-0.39, 0.29) is 12.2 Å². The van der Waals surface area contributed by atoms with Crippen molar-refractivity contribution in [1.82, 2.24) is 5.32 Å². The SMILES string of the molecule is O=C(NCC(O)C(O)c1cc(F)c(C(=O)O)c(F)c1)OCc1ccccc1. The maximum absolute atomic E-state index is 13.7. The Labute approximate surface area is 152 Å². The summed E-state index contributed by atoms with van der Waals surface area (Å²) >= 11 is 0. The molecule has 7 nitrogen and oxygen atoms in total. The molecule has 27 heavy (non-hydrogen) atoms. The van der Waals surface area contributed by atoms with E-state index in [1.54, 1.807) is 30.3 Å². The molecule has 2 aromatic rings. The third-order valence-electron chi connectivity index (χ3n) is 3.65. The summed E-state index contributed by atoms with van der Waals surface area (Å²) in [7, 11) is 0. The molecule has 0 aliphatic heterocycles. The van der Waals surface area contributed by atoms with E-state index in [2.05, 4.69) is 5.32 Å². The van der Waals surface area contributed by atoms with Gasteiger partial charge in [0.2, 0.25) is 0 Å². The second-order valence-electron chi connectivity index (χ2n) is 5.62. The van der Waals surface area contributed by atoms with E-state index >= 15 is 0 Å². The predicted octanol–water partition coefficient (Wildman–Crippen LogP) is 1.98. The zero-order valence-corrected chi connectivity index (χ0v) is 13.9. The summed E-state index contributed by atoms with van der Waals surface area (Å²) in [6, 6.07) is 10.0. The normalized spacial score (nSPS) is 12.9. The summed E-state index contributed by atoms with van der Waals surface area (Å²) in [5.41, 5.74) is -0.789. The first-order valence-electron chi connectivity index (χ1n) is 7.82. The first-order chi connectivity index (χ1) is 12.8. The van der Waals surface area contributed by atoms with Crippen LogP contribution in [-0.2, 0) is 11.3 Å².